The number of nitrogens with zero attached hydrogens (tertiary/aromatic N) is 4. The molecule has 0 spiro atoms. The molecular weight excluding hydrogens is 418 g/mol. The van der Waals surface area contributed by atoms with Crippen LogP contribution >= 0.6 is 15.9 Å². The lowest BCUT2D eigenvalue weighted by molar-refractivity contribution is -0.383. The predicted molar refractivity (Wildman–Crippen MR) is 103 cm³/mol. The molecule has 1 fully saturated rings. The third-order valence-corrected chi connectivity index (χ3v) is 5.13. The fraction of sp³-hybridized carbons (Fsp3) is 0.353. The van der Waals surface area contributed by atoms with Gasteiger partial charge in [0.1, 0.15) is 6.33 Å². The lowest BCUT2D eigenvalue weighted by atomic mass is 9.97. The Morgan fingerprint density at radius 3 is 2.67 bits per heavy atom. The van der Waals surface area contributed by atoms with E-state index >= 15 is 0 Å². The molecular formula is C17H18BrN5O4. The van der Waals surface area contributed by atoms with Crippen molar-refractivity contribution >= 4 is 44.9 Å². The van der Waals surface area contributed by atoms with E-state index in [1.165, 1.54) is 13.4 Å². The van der Waals surface area contributed by atoms with Crippen LogP contribution in [0.5, 0.6) is 0 Å². The molecule has 0 bridgehead atoms. The van der Waals surface area contributed by atoms with Gasteiger partial charge in [0.15, 0.2) is 0 Å². The molecule has 1 N–H and O–H groups in total. The second-order valence-corrected chi connectivity index (χ2v) is 6.90. The first-order valence-corrected chi connectivity index (χ1v) is 9.14. The number of methoxy groups -OCH3 is 1. The van der Waals surface area contributed by atoms with Crippen molar-refractivity contribution in [1.29, 1.82) is 0 Å². The highest BCUT2D eigenvalue weighted by Gasteiger charge is 2.32. The lowest BCUT2D eigenvalue weighted by Gasteiger charge is -2.31. The maximum Gasteiger partial charge on any atom is 0.353 e. The first kappa shape index (κ1) is 19.0. The van der Waals surface area contributed by atoms with Gasteiger partial charge in [0.25, 0.3) is 0 Å². The summed E-state index contributed by atoms with van der Waals surface area (Å²) in [4.78, 5) is 33.0. The molecule has 9 nitrogen and oxygen atoms in total. The third kappa shape index (κ3) is 4.16. The summed E-state index contributed by atoms with van der Waals surface area (Å²) in [6, 6.07) is 7.28. The number of hydrogen-bond acceptors (Lipinski definition) is 8. The molecule has 0 atom stereocenters. The number of halogens is 1. The Bertz CT molecular complexity index is 855. The normalized spacial score (nSPS) is 14.7. The standard InChI is InChI=1S/C17H18BrN5O4/c1-27-17(24)11-6-8-22(9-7-11)16-14(23(25)26)15(19-10-20-16)21-13-5-3-2-4-12(13)18/h2-5,10-11H,6-9H2,1H3,(H,19,20,21). The van der Waals surface area contributed by atoms with Crippen LogP contribution in [0.25, 0.3) is 0 Å². The fourth-order valence-corrected chi connectivity index (χ4v) is 3.43. The number of rotatable bonds is 5. The monoisotopic (exact) mass is 435 g/mol. The van der Waals surface area contributed by atoms with Crippen LogP contribution in [-0.2, 0) is 9.53 Å². The number of ether oxygens (including phenoxy) is 1. The second-order valence-electron chi connectivity index (χ2n) is 6.04. The summed E-state index contributed by atoms with van der Waals surface area (Å²) < 4.78 is 5.55. The zero-order chi connectivity index (χ0) is 19.4. The van der Waals surface area contributed by atoms with E-state index in [0.29, 0.717) is 31.6 Å². The lowest BCUT2D eigenvalue weighted by Crippen LogP contribution is -2.37. The summed E-state index contributed by atoms with van der Waals surface area (Å²) in [5, 5.41) is 14.7. The minimum Gasteiger partial charge on any atom is -0.469 e. The van der Waals surface area contributed by atoms with Crippen molar-refractivity contribution in [2.24, 2.45) is 5.92 Å². The van der Waals surface area contributed by atoms with Crippen LogP contribution in [0.1, 0.15) is 12.8 Å². The molecule has 0 saturated carbocycles. The Labute approximate surface area is 164 Å². The van der Waals surface area contributed by atoms with Gasteiger partial charge in [-0.1, -0.05) is 12.1 Å². The van der Waals surface area contributed by atoms with Gasteiger partial charge in [-0.05, 0) is 40.9 Å². The second kappa shape index (κ2) is 8.30. The number of nitro groups is 1. The van der Waals surface area contributed by atoms with Crippen LogP contribution in [-0.4, -0.2) is 41.1 Å². The van der Waals surface area contributed by atoms with E-state index in [0.717, 1.165) is 4.47 Å². The third-order valence-electron chi connectivity index (χ3n) is 4.44. The number of para-hydroxylation sites is 1. The van der Waals surface area contributed by atoms with Crippen molar-refractivity contribution in [3.05, 3.63) is 45.2 Å². The Morgan fingerprint density at radius 1 is 1.33 bits per heavy atom. The van der Waals surface area contributed by atoms with E-state index < -0.39 is 4.92 Å². The number of hydrogen-bond donors (Lipinski definition) is 1. The highest BCUT2D eigenvalue weighted by atomic mass is 79.9. The van der Waals surface area contributed by atoms with Crippen molar-refractivity contribution in [3.63, 3.8) is 0 Å². The Kier molecular flexibility index (Phi) is 5.84. The summed E-state index contributed by atoms with van der Waals surface area (Å²) in [5.74, 6) is -0.0759. The summed E-state index contributed by atoms with van der Waals surface area (Å²) in [6.45, 7) is 0.957. The summed E-state index contributed by atoms with van der Waals surface area (Å²) in [5.41, 5.74) is 0.472. The van der Waals surface area contributed by atoms with E-state index in [-0.39, 0.29) is 29.2 Å². The number of nitrogens with one attached hydrogen (secondary N) is 1. The maximum absolute atomic E-state index is 11.8. The van der Waals surface area contributed by atoms with Gasteiger partial charge in [-0.3, -0.25) is 14.9 Å². The average molecular weight is 436 g/mol. The molecule has 1 saturated heterocycles. The average Bonchev–Trinajstić information content (AvgIpc) is 2.69. The highest BCUT2D eigenvalue weighted by Crippen LogP contribution is 2.36. The number of anilines is 3. The summed E-state index contributed by atoms with van der Waals surface area (Å²) in [7, 11) is 1.36. The molecule has 10 heteroatoms. The highest BCUT2D eigenvalue weighted by molar-refractivity contribution is 9.10. The van der Waals surface area contributed by atoms with Crippen LogP contribution in [0, 0.1) is 16.0 Å². The van der Waals surface area contributed by atoms with Gasteiger partial charge in [0.05, 0.1) is 23.6 Å². The van der Waals surface area contributed by atoms with Gasteiger partial charge >= 0.3 is 11.7 Å². The molecule has 3 rings (SSSR count). The van der Waals surface area contributed by atoms with Crippen LogP contribution < -0.4 is 10.2 Å². The molecule has 1 aromatic carbocycles. The molecule has 2 heterocycles. The molecule has 0 aliphatic carbocycles. The van der Waals surface area contributed by atoms with E-state index in [1.54, 1.807) is 6.07 Å². The van der Waals surface area contributed by atoms with E-state index in [4.69, 9.17) is 4.74 Å². The van der Waals surface area contributed by atoms with E-state index in [2.05, 4.69) is 31.2 Å². The molecule has 142 valence electrons. The number of carbonyl (C=O) groups is 1. The van der Waals surface area contributed by atoms with Crippen molar-refractivity contribution < 1.29 is 14.5 Å². The number of piperidine rings is 1. The number of carbonyl (C=O) groups excluding carboxylic acids is 1. The molecule has 1 aromatic heterocycles. The molecule has 2 aromatic rings. The zero-order valence-corrected chi connectivity index (χ0v) is 16.2. The molecule has 0 unspecified atom stereocenters. The smallest absolute Gasteiger partial charge is 0.353 e. The quantitative estimate of drug-likeness (QED) is 0.432. The van der Waals surface area contributed by atoms with Gasteiger partial charge in [-0.15, -0.1) is 0 Å². The Hall–Kier alpha value is -2.75. The number of esters is 1. The van der Waals surface area contributed by atoms with Gasteiger partial charge in [0.2, 0.25) is 11.6 Å². The van der Waals surface area contributed by atoms with Crippen LogP contribution in [0.15, 0.2) is 35.1 Å². The molecule has 1 aliphatic rings. The van der Waals surface area contributed by atoms with Crippen molar-refractivity contribution in [2.75, 3.05) is 30.4 Å². The molecule has 1 aliphatic heterocycles. The van der Waals surface area contributed by atoms with Crippen LogP contribution in [0.3, 0.4) is 0 Å². The van der Waals surface area contributed by atoms with Gasteiger partial charge in [0, 0.05) is 17.6 Å². The first-order chi connectivity index (χ1) is 13.0. The maximum atomic E-state index is 11.8. The molecule has 0 amide bonds. The van der Waals surface area contributed by atoms with Crippen LogP contribution in [0.2, 0.25) is 0 Å². The number of benzene rings is 1. The summed E-state index contributed by atoms with van der Waals surface area (Å²) in [6.07, 6.45) is 2.41. The van der Waals surface area contributed by atoms with Crippen molar-refractivity contribution in [3.8, 4) is 0 Å². The zero-order valence-electron chi connectivity index (χ0n) is 14.6. The number of aromatic nitrogens is 2. The van der Waals surface area contributed by atoms with Gasteiger partial charge < -0.3 is 15.0 Å². The van der Waals surface area contributed by atoms with Crippen LogP contribution in [0.4, 0.5) is 23.0 Å². The predicted octanol–water partition coefficient (Wildman–Crippen LogP) is 3.28. The minimum atomic E-state index is -0.485. The van der Waals surface area contributed by atoms with Crippen molar-refractivity contribution in [2.45, 2.75) is 12.8 Å². The van der Waals surface area contributed by atoms with Crippen molar-refractivity contribution in [1.82, 2.24) is 9.97 Å². The Morgan fingerprint density at radius 2 is 2.04 bits per heavy atom. The summed E-state index contributed by atoms with van der Waals surface area (Å²) >= 11 is 3.41. The molecule has 0 radical (unpaired) electrons. The van der Waals surface area contributed by atoms with E-state index in [9.17, 15) is 14.9 Å². The minimum absolute atomic E-state index is 0.118. The SMILES string of the molecule is COC(=O)C1CCN(c2ncnc(Nc3ccccc3Br)c2[N+](=O)[O-])CC1. The fourth-order valence-electron chi connectivity index (χ4n) is 3.04. The van der Waals surface area contributed by atoms with E-state index in [1.807, 2.05) is 23.1 Å². The Balaban J connectivity index is 1.88. The van der Waals surface area contributed by atoms with Gasteiger partial charge in [-0.2, -0.15) is 0 Å². The topological polar surface area (TPSA) is 110 Å². The molecule has 27 heavy (non-hydrogen) atoms. The largest absolute Gasteiger partial charge is 0.469 e. The first-order valence-electron chi connectivity index (χ1n) is 8.35. The van der Waals surface area contributed by atoms with Gasteiger partial charge in [-0.25, -0.2) is 9.97 Å².